The molecule has 0 radical (unpaired) electrons. The quantitative estimate of drug-likeness (QED) is 0.856. The molecule has 18 heavy (non-hydrogen) atoms. The minimum absolute atomic E-state index is 0.277. The van der Waals surface area contributed by atoms with Crippen molar-refractivity contribution in [3.8, 4) is 11.5 Å². The van der Waals surface area contributed by atoms with Crippen LogP contribution in [0.25, 0.3) is 0 Å². The third-order valence-corrected chi connectivity index (χ3v) is 1.86. The summed E-state index contributed by atoms with van der Waals surface area (Å²) in [5.41, 5.74) is -1.51. The third kappa shape index (κ3) is 3.42. The van der Waals surface area contributed by atoms with E-state index in [0.717, 1.165) is 7.11 Å². The van der Waals surface area contributed by atoms with E-state index < -0.39 is 30.8 Å². The van der Waals surface area contributed by atoms with Crippen LogP contribution in [0.15, 0.2) is 6.07 Å². The van der Waals surface area contributed by atoms with E-state index in [2.05, 4.69) is 14.5 Å². The summed E-state index contributed by atoms with van der Waals surface area (Å²) in [5.74, 6) is -1.44. The number of aromatic nitrogens is 1. The molecule has 0 aliphatic rings. The monoisotopic (exact) mass is 273 g/mol. The van der Waals surface area contributed by atoms with Gasteiger partial charge in [-0.15, -0.1) is 13.2 Å². The highest BCUT2D eigenvalue weighted by Crippen LogP contribution is 2.35. The van der Waals surface area contributed by atoms with Crippen LogP contribution in [0.4, 0.5) is 22.0 Å². The average Bonchev–Trinajstić information content (AvgIpc) is 2.25. The van der Waals surface area contributed by atoms with Gasteiger partial charge in [0.25, 0.3) is 6.43 Å². The summed E-state index contributed by atoms with van der Waals surface area (Å²) in [6.45, 7) is -0.755. The van der Waals surface area contributed by atoms with E-state index in [1.807, 2.05) is 0 Å². The van der Waals surface area contributed by atoms with Gasteiger partial charge in [0.2, 0.25) is 0 Å². The molecule has 1 rings (SSSR count). The van der Waals surface area contributed by atoms with E-state index in [0.29, 0.717) is 6.07 Å². The maximum Gasteiger partial charge on any atom is 0.573 e. The van der Waals surface area contributed by atoms with Crippen LogP contribution >= 0.6 is 0 Å². The topological polar surface area (TPSA) is 51.6 Å². The number of alkyl halides is 5. The summed E-state index contributed by atoms with van der Waals surface area (Å²) >= 11 is 0. The van der Waals surface area contributed by atoms with Gasteiger partial charge in [-0.1, -0.05) is 0 Å². The molecule has 0 spiro atoms. The van der Waals surface area contributed by atoms with Crippen molar-refractivity contribution in [2.45, 2.75) is 19.4 Å². The Kier molecular flexibility index (Phi) is 4.28. The molecule has 1 N–H and O–H groups in total. The first kappa shape index (κ1) is 14.4. The molecule has 1 aromatic heterocycles. The molecule has 0 unspecified atom stereocenters. The average molecular weight is 273 g/mol. The number of aliphatic hydroxyl groups excluding tert-OH is 1. The second-order valence-corrected chi connectivity index (χ2v) is 3.03. The van der Waals surface area contributed by atoms with Gasteiger partial charge < -0.3 is 14.6 Å². The molecule has 1 aromatic rings. The van der Waals surface area contributed by atoms with E-state index in [1.165, 1.54) is 0 Å². The third-order valence-electron chi connectivity index (χ3n) is 1.86. The molecular weight excluding hydrogens is 265 g/mol. The van der Waals surface area contributed by atoms with Crippen molar-refractivity contribution in [2.75, 3.05) is 7.11 Å². The van der Waals surface area contributed by atoms with Crippen molar-refractivity contribution in [1.29, 1.82) is 0 Å². The lowest BCUT2D eigenvalue weighted by Crippen LogP contribution is -2.19. The van der Waals surface area contributed by atoms with Crippen LogP contribution in [0.1, 0.15) is 17.8 Å². The molecule has 9 heteroatoms. The van der Waals surface area contributed by atoms with Gasteiger partial charge in [0, 0.05) is 6.07 Å². The van der Waals surface area contributed by atoms with Crippen LogP contribution in [0.2, 0.25) is 0 Å². The van der Waals surface area contributed by atoms with Crippen LogP contribution in [-0.2, 0) is 6.61 Å². The molecular formula is C9H8F5NO3. The minimum atomic E-state index is -5.13. The lowest BCUT2D eigenvalue weighted by Gasteiger charge is -2.15. The van der Waals surface area contributed by atoms with Crippen molar-refractivity contribution in [3.05, 3.63) is 17.5 Å². The second kappa shape index (κ2) is 5.34. The molecule has 0 bridgehead atoms. The zero-order valence-electron chi connectivity index (χ0n) is 8.96. The van der Waals surface area contributed by atoms with Gasteiger partial charge in [-0.2, -0.15) is 0 Å². The Bertz CT molecular complexity index is 421. The Morgan fingerprint density at radius 1 is 1.33 bits per heavy atom. The maximum absolute atomic E-state index is 12.5. The van der Waals surface area contributed by atoms with Crippen LogP contribution in [-0.4, -0.2) is 23.6 Å². The first-order chi connectivity index (χ1) is 8.28. The molecule has 0 fully saturated rings. The number of aliphatic hydroxyl groups is 1. The molecule has 0 saturated heterocycles. The van der Waals surface area contributed by atoms with Gasteiger partial charge in [0.15, 0.2) is 5.75 Å². The van der Waals surface area contributed by atoms with Gasteiger partial charge in [-0.05, 0) is 0 Å². The van der Waals surface area contributed by atoms with Crippen LogP contribution in [0, 0.1) is 0 Å². The van der Waals surface area contributed by atoms with Gasteiger partial charge in [0.1, 0.15) is 17.1 Å². The van der Waals surface area contributed by atoms with Crippen molar-refractivity contribution in [3.63, 3.8) is 0 Å². The zero-order chi connectivity index (χ0) is 13.9. The lowest BCUT2D eigenvalue weighted by atomic mass is 10.2. The molecule has 1 heterocycles. The summed E-state index contributed by atoms with van der Waals surface area (Å²) in [6.07, 6.45) is -8.41. The largest absolute Gasteiger partial charge is 0.573 e. The number of nitrogens with zero attached hydrogens (tertiary/aromatic N) is 1. The number of ether oxygens (including phenoxy) is 2. The summed E-state index contributed by atoms with van der Waals surface area (Å²) in [4.78, 5) is 3.20. The molecule has 0 amide bonds. The predicted molar refractivity (Wildman–Crippen MR) is 48.4 cm³/mol. The fraction of sp³-hybridized carbons (Fsp3) is 0.444. The Hall–Kier alpha value is -1.64. The minimum Gasteiger partial charge on any atom is -0.495 e. The van der Waals surface area contributed by atoms with E-state index in [-0.39, 0.29) is 11.4 Å². The maximum atomic E-state index is 12.5. The number of rotatable bonds is 4. The van der Waals surface area contributed by atoms with E-state index >= 15 is 0 Å². The van der Waals surface area contributed by atoms with Crippen LogP contribution < -0.4 is 9.47 Å². The number of hydrogen-bond donors (Lipinski definition) is 1. The number of hydrogen-bond acceptors (Lipinski definition) is 4. The van der Waals surface area contributed by atoms with Gasteiger partial charge in [-0.3, -0.25) is 0 Å². The van der Waals surface area contributed by atoms with Crippen LogP contribution in [0.3, 0.4) is 0 Å². The SMILES string of the molecule is COc1cc(OC(F)(F)F)c(C(F)F)nc1CO. The second-order valence-electron chi connectivity index (χ2n) is 3.03. The normalized spacial score (nSPS) is 11.8. The fourth-order valence-electron chi connectivity index (χ4n) is 1.18. The standard InChI is InChI=1S/C9H8F5NO3/c1-17-5-2-6(18-9(12,13)14)7(8(10)11)15-4(5)3-16/h2,8,16H,3H2,1H3. The highest BCUT2D eigenvalue weighted by atomic mass is 19.4. The van der Waals surface area contributed by atoms with Gasteiger partial charge in [0.05, 0.1) is 13.7 Å². The van der Waals surface area contributed by atoms with Gasteiger partial charge >= 0.3 is 6.36 Å². The summed E-state index contributed by atoms with van der Waals surface area (Å²) in [7, 11) is 1.09. The first-order valence-corrected chi connectivity index (χ1v) is 4.51. The van der Waals surface area contributed by atoms with Gasteiger partial charge in [-0.25, -0.2) is 13.8 Å². The van der Waals surface area contributed by atoms with Crippen LogP contribution in [0.5, 0.6) is 11.5 Å². The Morgan fingerprint density at radius 2 is 1.94 bits per heavy atom. The molecule has 102 valence electrons. The van der Waals surface area contributed by atoms with Crippen molar-refractivity contribution in [2.24, 2.45) is 0 Å². The number of methoxy groups -OCH3 is 1. The highest BCUT2D eigenvalue weighted by Gasteiger charge is 2.34. The predicted octanol–water partition coefficient (Wildman–Crippen LogP) is 2.42. The molecule has 0 atom stereocenters. The molecule has 4 nitrogen and oxygen atoms in total. The Morgan fingerprint density at radius 3 is 2.33 bits per heavy atom. The Labute approximate surface area is 98.0 Å². The van der Waals surface area contributed by atoms with E-state index in [1.54, 1.807) is 0 Å². The Balaban J connectivity index is 3.29. The fourth-order valence-corrected chi connectivity index (χ4v) is 1.18. The zero-order valence-corrected chi connectivity index (χ0v) is 8.96. The number of pyridine rings is 1. The summed E-state index contributed by atoms with van der Waals surface area (Å²) in [5, 5.41) is 8.83. The molecule has 0 saturated carbocycles. The van der Waals surface area contributed by atoms with E-state index in [4.69, 9.17) is 5.11 Å². The molecule has 0 aromatic carbocycles. The van der Waals surface area contributed by atoms with E-state index in [9.17, 15) is 22.0 Å². The van der Waals surface area contributed by atoms with Crippen molar-refractivity contribution >= 4 is 0 Å². The molecule has 0 aliphatic carbocycles. The lowest BCUT2D eigenvalue weighted by molar-refractivity contribution is -0.275. The summed E-state index contributed by atoms with van der Waals surface area (Å²) < 4.78 is 69.1. The molecule has 0 aliphatic heterocycles. The highest BCUT2D eigenvalue weighted by molar-refractivity contribution is 5.40. The number of halogens is 5. The van der Waals surface area contributed by atoms with Crippen molar-refractivity contribution in [1.82, 2.24) is 4.98 Å². The van der Waals surface area contributed by atoms with Crippen molar-refractivity contribution < 1.29 is 36.5 Å². The first-order valence-electron chi connectivity index (χ1n) is 4.51. The smallest absolute Gasteiger partial charge is 0.495 e. The summed E-state index contributed by atoms with van der Waals surface area (Å²) in [6, 6.07) is 0.605.